The van der Waals surface area contributed by atoms with Crippen molar-refractivity contribution in [1.82, 2.24) is 15.3 Å². The van der Waals surface area contributed by atoms with Crippen molar-refractivity contribution in [3.8, 4) is 11.3 Å². The summed E-state index contributed by atoms with van der Waals surface area (Å²) in [5.41, 5.74) is 2.49. The van der Waals surface area contributed by atoms with Crippen LogP contribution in [0.2, 0.25) is 0 Å². The highest BCUT2D eigenvalue weighted by atomic mass is 16.6. The molecule has 0 bridgehead atoms. The summed E-state index contributed by atoms with van der Waals surface area (Å²) >= 11 is 0. The number of amides is 1. The fraction of sp³-hybridized carbons (Fsp3) is 0.231. The first-order valence-corrected chi connectivity index (χ1v) is 10.4. The zero-order valence-electron chi connectivity index (χ0n) is 18.1. The number of carbonyl (C=O) groups is 1. The summed E-state index contributed by atoms with van der Waals surface area (Å²) < 4.78 is 5.50. The number of fused-ring (bicyclic) bond motifs is 1. The monoisotopic (exact) mass is 413 g/mol. The van der Waals surface area contributed by atoms with Crippen molar-refractivity contribution < 1.29 is 9.53 Å². The van der Waals surface area contributed by atoms with Crippen LogP contribution in [-0.2, 0) is 11.2 Å². The summed E-state index contributed by atoms with van der Waals surface area (Å²) in [6.45, 7) is 5.56. The van der Waals surface area contributed by atoms with Gasteiger partial charge < -0.3 is 15.0 Å². The normalized spacial score (nSPS) is 12.5. The van der Waals surface area contributed by atoms with E-state index in [1.165, 1.54) is 10.8 Å². The number of ether oxygens (including phenoxy) is 1. The lowest BCUT2D eigenvalue weighted by atomic mass is 10.0. The number of hydrogen-bond donors (Lipinski definition) is 2. The highest BCUT2D eigenvalue weighted by molar-refractivity contribution is 5.83. The Morgan fingerprint density at radius 1 is 1.00 bits per heavy atom. The summed E-state index contributed by atoms with van der Waals surface area (Å²) in [5.74, 6) is 0.692. The number of carbonyl (C=O) groups excluding carboxylic acids is 1. The van der Waals surface area contributed by atoms with Gasteiger partial charge in [0.1, 0.15) is 11.4 Å². The molecular formula is C26H27N3O2. The minimum Gasteiger partial charge on any atom is -0.444 e. The van der Waals surface area contributed by atoms with E-state index in [0.29, 0.717) is 12.2 Å². The van der Waals surface area contributed by atoms with Crippen molar-refractivity contribution in [3.05, 3.63) is 90.4 Å². The number of aromatic amines is 1. The molecular weight excluding hydrogens is 386 g/mol. The standard InChI is InChI=1S/C26H27N3O2/c1-26(2,3)31-25(30)29-22(16-18-13-14-19-9-7-8-12-21(19)15-18)24-27-17-23(28-24)20-10-5-4-6-11-20/h4-15,17,22H,16H2,1-3H3,(H,27,28)(H,29,30). The third-order valence-electron chi connectivity index (χ3n) is 4.96. The van der Waals surface area contributed by atoms with Crippen LogP contribution in [0, 0.1) is 0 Å². The van der Waals surface area contributed by atoms with Crippen LogP contribution in [0.3, 0.4) is 0 Å². The van der Waals surface area contributed by atoms with Crippen LogP contribution in [0.1, 0.15) is 38.2 Å². The first kappa shape index (κ1) is 20.7. The Morgan fingerprint density at radius 2 is 1.71 bits per heavy atom. The van der Waals surface area contributed by atoms with Gasteiger partial charge in [0.2, 0.25) is 0 Å². The van der Waals surface area contributed by atoms with Gasteiger partial charge in [0, 0.05) is 6.42 Å². The van der Waals surface area contributed by atoms with E-state index in [0.717, 1.165) is 16.8 Å². The van der Waals surface area contributed by atoms with Gasteiger partial charge in [-0.1, -0.05) is 72.8 Å². The van der Waals surface area contributed by atoms with Crippen LogP contribution in [0.25, 0.3) is 22.0 Å². The predicted molar refractivity (Wildman–Crippen MR) is 124 cm³/mol. The average Bonchev–Trinajstić information content (AvgIpc) is 3.23. The molecule has 0 saturated heterocycles. The van der Waals surface area contributed by atoms with Crippen molar-refractivity contribution in [2.24, 2.45) is 0 Å². The van der Waals surface area contributed by atoms with Crippen molar-refractivity contribution in [1.29, 1.82) is 0 Å². The molecule has 5 heteroatoms. The second-order valence-electron chi connectivity index (χ2n) is 8.63. The largest absolute Gasteiger partial charge is 0.444 e. The molecule has 1 unspecified atom stereocenters. The summed E-state index contributed by atoms with van der Waals surface area (Å²) in [6.07, 6.45) is 1.93. The summed E-state index contributed by atoms with van der Waals surface area (Å²) in [5, 5.41) is 5.35. The minimum absolute atomic E-state index is 0.353. The number of hydrogen-bond acceptors (Lipinski definition) is 3. The smallest absolute Gasteiger partial charge is 0.408 e. The molecule has 0 saturated carbocycles. The molecule has 0 spiro atoms. The molecule has 2 N–H and O–H groups in total. The Hall–Kier alpha value is -3.60. The SMILES string of the molecule is CC(C)(C)OC(=O)NC(Cc1ccc2ccccc2c1)c1ncc(-c2ccccc2)[nH]1. The molecule has 0 aliphatic carbocycles. The maximum Gasteiger partial charge on any atom is 0.408 e. The van der Waals surface area contributed by atoms with Crippen LogP contribution in [0.5, 0.6) is 0 Å². The molecule has 4 rings (SSSR count). The Labute approximate surface area is 182 Å². The lowest BCUT2D eigenvalue weighted by Crippen LogP contribution is -2.36. The maximum absolute atomic E-state index is 12.5. The number of nitrogens with one attached hydrogen (secondary N) is 2. The molecule has 4 aromatic rings. The van der Waals surface area contributed by atoms with Crippen LogP contribution < -0.4 is 5.32 Å². The Kier molecular flexibility index (Phi) is 5.76. The predicted octanol–water partition coefficient (Wildman–Crippen LogP) is 6.04. The number of nitrogens with zero attached hydrogens (tertiary/aromatic N) is 1. The highest BCUT2D eigenvalue weighted by Crippen LogP contribution is 2.24. The number of benzene rings is 3. The Balaban J connectivity index is 1.62. The van der Waals surface area contributed by atoms with Gasteiger partial charge in [-0.15, -0.1) is 0 Å². The number of imidazole rings is 1. The molecule has 1 aromatic heterocycles. The molecule has 3 aromatic carbocycles. The lowest BCUT2D eigenvalue weighted by Gasteiger charge is -2.23. The molecule has 158 valence electrons. The van der Waals surface area contributed by atoms with Gasteiger partial charge >= 0.3 is 6.09 Å². The van der Waals surface area contributed by atoms with Crippen LogP contribution in [0.15, 0.2) is 79.0 Å². The van der Waals surface area contributed by atoms with Gasteiger partial charge in [-0.25, -0.2) is 9.78 Å². The second kappa shape index (κ2) is 8.64. The van der Waals surface area contributed by atoms with E-state index in [4.69, 9.17) is 4.74 Å². The third-order valence-corrected chi connectivity index (χ3v) is 4.96. The lowest BCUT2D eigenvalue weighted by molar-refractivity contribution is 0.0501. The third kappa shape index (κ3) is 5.31. The molecule has 0 radical (unpaired) electrons. The summed E-state index contributed by atoms with van der Waals surface area (Å²) in [7, 11) is 0. The van der Waals surface area contributed by atoms with Crippen LogP contribution in [0.4, 0.5) is 4.79 Å². The maximum atomic E-state index is 12.5. The molecule has 0 aliphatic heterocycles. The van der Waals surface area contributed by atoms with Crippen molar-refractivity contribution in [3.63, 3.8) is 0 Å². The summed E-state index contributed by atoms with van der Waals surface area (Å²) in [6, 6.07) is 24.2. The molecule has 1 amide bonds. The molecule has 0 aliphatic rings. The molecule has 5 nitrogen and oxygen atoms in total. The zero-order chi connectivity index (χ0) is 21.8. The van der Waals surface area contributed by atoms with E-state index < -0.39 is 11.7 Å². The van der Waals surface area contributed by atoms with Crippen molar-refractivity contribution in [2.45, 2.75) is 38.8 Å². The van der Waals surface area contributed by atoms with Gasteiger partial charge in [-0.2, -0.15) is 0 Å². The fourth-order valence-corrected chi connectivity index (χ4v) is 3.55. The van der Waals surface area contributed by atoms with Gasteiger partial charge in [-0.05, 0) is 42.7 Å². The van der Waals surface area contributed by atoms with E-state index in [9.17, 15) is 4.79 Å². The molecule has 1 heterocycles. The van der Waals surface area contributed by atoms with Gasteiger partial charge in [0.15, 0.2) is 0 Å². The Bertz CT molecular complexity index is 1180. The topological polar surface area (TPSA) is 67.0 Å². The van der Waals surface area contributed by atoms with Crippen molar-refractivity contribution in [2.75, 3.05) is 0 Å². The minimum atomic E-state index is -0.573. The van der Waals surface area contributed by atoms with E-state index in [-0.39, 0.29) is 6.04 Å². The zero-order valence-corrected chi connectivity index (χ0v) is 18.1. The fourth-order valence-electron chi connectivity index (χ4n) is 3.55. The first-order valence-electron chi connectivity index (χ1n) is 10.4. The average molecular weight is 414 g/mol. The van der Waals surface area contributed by atoms with Gasteiger partial charge in [-0.3, -0.25) is 0 Å². The van der Waals surface area contributed by atoms with E-state index in [1.807, 2.05) is 63.2 Å². The summed E-state index contributed by atoms with van der Waals surface area (Å²) in [4.78, 5) is 20.5. The molecule has 31 heavy (non-hydrogen) atoms. The number of H-pyrrole nitrogens is 1. The van der Waals surface area contributed by atoms with E-state index >= 15 is 0 Å². The van der Waals surface area contributed by atoms with E-state index in [1.54, 1.807) is 6.20 Å². The van der Waals surface area contributed by atoms with Gasteiger partial charge in [0.05, 0.1) is 17.9 Å². The quantitative estimate of drug-likeness (QED) is 0.419. The van der Waals surface area contributed by atoms with Crippen LogP contribution >= 0.6 is 0 Å². The van der Waals surface area contributed by atoms with E-state index in [2.05, 4.69) is 45.6 Å². The van der Waals surface area contributed by atoms with Crippen molar-refractivity contribution >= 4 is 16.9 Å². The van der Waals surface area contributed by atoms with Crippen LogP contribution in [-0.4, -0.2) is 21.7 Å². The van der Waals surface area contributed by atoms with Gasteiger partial charge in [0.25, 0.3) is 0 Å². The number of alkyl carbamates (subject to hydrolysis) is 1. The highest BCUT2D eigenvalue weighted by Gasteiger charge is 2.23. The number of rotatable bonds is 5. The first-order chi connectivity index (χ1) is 14.9. The molecule has 0 fully saturated rings. The number of aromatic nitrogens is 2. The molecule has 1 atom stereocenters. The Morgan fingerprint density at radius 3 is 2.45 bits per heavy atom. The second-order valence-corrected chi connectivity index (χ2v) is 8.63.